The largest absolute Gasteiger partial charge is 0.463 e. The van der Waals surface area contributed by atoms with E-state index in [4.69, 9.17) is 52.1 Å². The minimum Gasteiger partial charge on any atom is -0.463 e. The van der Waals surface area contributed by atoms with Crippen LogP contribution in [0.3, 0.4) is 0 Å². The fourth-order valence-corrected chi connectivity index (χ4v) is 5.14. The number of hydrogen-bond donors (Lipinski definition) is 0. The van der Waals surface area contributed by atoms with Gasteiger partial charge < -0.3 is 52.1 Å². The molecule has 0 aliphatic carbocycles. The fourth-order valence-electron chi connectivity index (χ4n) is 5.14. The van der Waals surface area contributed by atoms with E-state index in [1.807, 2.05) is 0 Å². The Morgan fingerprint density at radius 3 is 0.836 bits per heavy atom. The van der Waals surface area contributed by atoms with Crippen LogP contribution in [-0.4, -0.2) is 122 Å². The molecule has 312 valence electrons. The summed E-state index contributed by atoms with van der Waals surface area (Å²) in [6.07, 6.45) is -17.3. The van der Waals surface area contributed by atoms with Gasteiger partial charge in [0.15, 0.2) is 36.6 Å². The predicted molar refractivity (Wildman–Crippen MR) is 182 cm³/mol. The molecule has 2 rings (SSSR count). The van der Waals surface area contributed by atoms with Crippen LogP contribution in [0.2, 0.25) is 0 Å². The minimum absolute atomic E-state index is 0.0386. The van der Waals surface area contributed by atoms with Gasteiger partial charge in [0.2, 0.25) is 12.6 Å². The van der Waals surface area contributed by atoms with Crippen LogP contribution in [0.4, 0.5) is 0 Å². The molecule has 55 heavy (non-hydrogen) atoms. The number of carbonyl (C=O) groups is 8. The van der Waals surface area contributed by atoms with Crippen molar-refractivity contribution in [3.63, 3.8) is 0 Å². The van der Waals surface area contributed by atoms with Crippen molar-refractivity contribution in [3.8, 4) is 0 Å². The van der Waals surface area contributed by atoms with Crippen LogP contribution in [-0.2, 0) is 90.5 Å². The molecule has 4 unspecified atom stereocenters. The Bertz CT molecular complexity index is 1230. The molecule has 0 amide bonds. The van der Waals surface area contributed by atoms with Gasteiger partial charge >= 0.3 is 47.8 Å². The molecule has 2 aliphatic heterocycles. The molecule has 0 spiro atoms. The Balaban J connectivity index is 2.83. The molecule has 10 atom stereocenters. The molecule has 0 saturated carbocycles. The third-order valence-electron chi connectivity index (χ3n) is 8.18. The zero-order valence-corrected chi connectivity index (χ0v) is 32.6. The van der Waals surface area contributed by atoms with Gasteiger partial charge in [-0.2, -0.15) is 0 Å². The van der Waals surface area contributed by atoms with Crippen molar-refractivity contribution in [1.82, 2.24) is 0 Å². The maximum absolute atomic E-state index is 12.9. The summed E-state index contributed by atoms with van der Waals surface area (Å²) in [5.74, 6) is -6.14. The van der Waals surface area contributed by atoms with Crippen molar-refractivity contribution in [2.45, 2.75) is 168 Å². The highest BCUT2D eigenvalue weighted by Gasteiger charge is 2.58. The lowest BCUT2D eigenvalue weighted by Crippen LogP contribution is -2.67. The normalized spacial score (nSPS) is 27.4. The van der Waals surface area contributed by atoms with Crippen molar-refractivity contribution < 1.29 is 90.5 Å². The Morgan fingerprint density at radius 2 is 0.582 bits per heavy atom. The molecule has 0 N–H and O–H groups in total. The predicted octanol–water partition coefficient (Wildman–Crippen LogP) is 2.29. The van der Waals surface area contributed by atoms with E-state index >= 15 is 0 Å². The summed E-state index contributed by atoms with van der Waals surface area (Å²) in [4.78, 5) is 101. The fraction of sp³-hybridized carbons (Fsp3) is 0.778. The van der Waals surface area contributed by atoms with Gasteiger partial charge in [-0.1, -0.05) is 55.4 Å². The van der Waals surface area contributed by atoms with Crippen molar-refractivity contribution in [3.05, 3.63) is 0 Å². The van der Waals surface area contributed by atoms with E-state index in [9.17, 15) is 38.4 Å². The molecule has 0 aromatic heterocycles. The highest BCUT2D eigenvalue weighted by atomic mass is 16.8. The summed E-state index contributed by atoms with van der Waals surface area (Å²) in [5.41, 5.74) is 0. The van der Waals surface area contributed by atoms with Gasteiger partial charge in [-0.05, 0) is 0 Å². The molecule has 2 heterocycles. The molecule has 19 nitrogen and oxygen atoms in total. The first-order valence-corrected chi connectivity index (χ1v) is 18.6. The first-order chi connectivity index (χ1) is 26.2. The lowest BCUT2D eigenvalue weighted by Gasteiger charge is -2.48. The standard InChI is InChI=1S/C36H54O19/c1-9-21(37)45-17-19-29(49-23(39)11-3)31(51-25(41)13-5)33(53-27(43)15-7)35(47-19)55-36-34(54-28(44)16-8)32(52-26(42)14-6)30(50-24(40)12-4)20(48-36)18-46-22(38)10-2/h19-20,29-36H,9-18H2,1-8H3/t19?,20?,29-,30-,31+,32?,33?,34-,35-,36-/m1/s1. The maximum Gasteiger partial charge on any atom is 0.306 e. The van der Waals surface area contributed by atoms with Crippen LogP contribution in [0, 0.1) is 0 Å². The van der Waals surface area contributed by atoms with Crippen LogP contribution >= 0.6 is 0 Å². The van der Waals surface area contributed by atoms with E-state index < -0.39 is 122 Å². The second-order valence-electron chi connectivity index (χ2n) is 12.1. The van der Waals surface area contributed by atoms with Crippen molar-refractivity contribution in [2.24, 2.45) is 0 Å². The zero-order chi connectivity index (χ0) is 41.2. The number of hydrogen-bond acceptors (Lipinski definition) is 19. The van der Waals surface area contributed by atoms with Crippen LogP contribution in [0.25, 0.3) is 0 Å². The third kappa shape index (κ3) is 14.0. The third-order valence-corrected chi connectivity index (χ3v) is 8.18. The summed E-state index contributed by atoms with van der Waals surface area (Å²) in [5, 5.41) is 0. The maximum atomic E-state index is 12.9. The Hall–Kier alpha value is -4.36. The summed E-state index contributed by atoms with van der Waals surface area (Å²) in [7, 11) is 0. The van der Waals surface area contributed by atoms with Gasteiger partial charge in [0.1, 0.15) is 25.4 Å². The number of carbonyl (C=O) groups excluding carboxylic acids is 8. The van der Waals surface area contributed by atoms with E-state index in [1.54, 1.807) is 0 Å². The van der Waals surface area contributed by atoms with Crippen LogP contribution in [0.15, 0.2) is 0 Å². The van der Waals surface area contributed by atoms with Crippen LogP contribution in [0.5, 0.6) is 0 Å². The molecule has 0 aromatic carbocycles. The molecular formula is C36H54O19. The van der Waals surface area contributed by atoms with Gasteiger partial charge in [-0.15, -0.1) is 0 Å². The van der Waals surface area contributed by atoms with Crippen molar-refractivity contribution in [2.75, 3.05) is 13.2 Å². The van der Waals surface area contributed by atoms with Crippen molar-refractivity contribution >= 4 is 47.8 Å². The number of esters is 8. The Labute approximate surface area is 319 Å². The lowest BCUT2D eigenvalue weighted by atomic mass is 9.96. The topological polar surface area (TPSA) is 238 Å². The summed E-state index contributed by atoms with van der Waals surface area (Å²) in [6, 6.07) is 0. The average Bonchev–Trinajstić information content (AvgIpc) is 3.19. The number of ether oxygens (including phenoxy) is 11. The van der Waals surface area contributed by atoms with Gasteiger partial charge in [-0.3, -0.25) is 38.4 Å². The van der Waals surface area contributed by atoms with E-state index in [0.717, 1.165) is 0 Å². The van der Waals surface area contributed by atoms with E-state index in [0.29, 0.717) is 0 Å². The first-order valence-electron chi connectivity index (χ1n) is 18.6. The first kappa shape index (κ1) is 46.8. The smallest absolute Gasteiger partial charge is 0.306 e. The highest BCUT2D eigenvalue weighted by Crippen LogP contribution is 2.36. The molecule has 0 radical (unpaired) electrons. The summed E-state index contributed by atoms with van der Waals surface area (Å²) in [6.45, 7) is 10.9. The monoisotopic (exact) mass is 790 g/mol. The lowest BCUT2D eigenvalue weighted by molar-refractivity contribution is -0.378. The molecule has 2 aliphatic rings. The molecule has 0 aromatic rings. The van der Waals surface area contributed by atoms with E-state index in [-0.39, 0.29) is 51.4 Å². The van der Waals surface area contributed by atoms with E-state index in [1.165, 1.54) is 55.4 Å². The second-order valence-corrected chi connectivity index (χ2v) is 12.1. The number of rotatable bonds is 20. The highest BCUT2D eigenvalue weighted by molar-refractivity contribution is 5.73. The second kappa shape index (κ2) is 23.5. The molecular weight excluding hydrogens is 736 g/mol. The quantitative estimate of drug-likeness (QED) is 0.127. The Kier molecular flexibility index (Phi) is 20.0. The van der Waals surface area contributed by atoms with Gasteiger partial charge in [0.05, 0.1) is 0 Å². The van der Waals surface area contributed by atoms with Crippen LogP contribution < -0.4 is 0 Å². The van der Waals surface area contributed by atoms with E-state index in [2.05, 4.69) is 0 Å². The van der Waals surface area contributed by atoms with Gasteiger partial charge in [-0.25, -0.2) is 0 Å². The van der Waals surface area contributed by atoms with Crippen molar-refractivity contribution in [1.29, 1.82) is 0 Å². The Morgan fingerprint density at radius 1 is 0.345 bits per heavy atom. The average molecular weight is 791 g/mol. The molecule has 2 fully saturated rings. The SMILES string of the molecule is CCC(=O)OCC1O[C@H](O[C@H]2OC(COC(=O)CC)[C@@H](OC(=O)CC)[C@H](OC(=O)CC)C2OC(=O)CC)[C@H](OC(=O)CC)C(OC(=O)CC)[C@@H]1OC(=O)CC. The summed E-state index contributed by atoms with van der Waals surface area (Å²) >= 11 is 0. The molecule has 2 saturated heterocycles. The van der Waals surface area contributed by atoms with Crippen LogP contribution in [0.1, 0.15) is 107 Å². The summed E-state index contributed by atoms with van der Waals surface area (Å²) < 4.78 is 63.3. The molecule has 19 heteroatoms. The van der Waals surface area contributed by atoms with Gasteiger partial charge in [0.25, 0.3) is 0 Å². The molecule has 0 bridgehead atoms. The van der Waals surface area contributed by atoms with Gasteiger partial charge in [0, 0.05) is 51.4 Å². The minimum atomic E-state index is -1.84. The zero-order valence-electron chi connectivity index (χ0n) is 32.6.